The first-order valence-corrected chi connectivity index (χ1v) is 6.88. The van der Waals surface area contributed by atoms with Crippen LogP contribution < -0.4 is 10.1 Å². The molecule has 0 aliphatic heterocycles. The molecule has 0 aliphatic carbocycles. The fourth-order valence-corrected chi connectivity index (χ4v) is 2.12. The highest BCUT2D eigenvalue weighted by Gasteiger charge is 2.09. The van der Waals surface area contributed by atoms with Crippen LogP contribution in [0.2, 0.25) is 0 Å². The molecule has 116 valence electrons. The molecule has 0 heterocycles. The molecule has 0 atom stereocenters. The van der Waals surface area contributed by atoms with Gasteiger partial charge in [-0.15, -0.1) is 0 Å². The second kappa shape index (κ2) is 7.04. The number of benzene rings is 2. The van der Waals surface area contributed by atoms with Gasteiger partial charge in [-0.25, -0.2) is 4.39 Å². The van der Waals surface area contributed by atoms with E-state index in [4.69, 9.17) is 4.74 Å². The van der Waals surface area contributed by atoms with Gasteiger partial charge in [0.25, 0.3) is 5.91 Å². The van der Waals surface area contributed by atoms with Gasteiger partial charge in [0.1, 0.15) is 0 Å². The number of nitrogens with one attached hydrogen (secondary N) is 1. The van der Waals surface area contributed by atoms with Gasteiger partial charge in [-0.2, -0.15) is 0 Å². The van der Waals surface area contributed by atoms with E-state index in [0.717, 1.165) is 12.1 Å². The molecule has 0 saturated carbocycles. The number of amides is 1. The third kappa shape index (κ3) is 4.05. The lowest BCUT2D eigenvalue weighted by Crippen LogP contribution is -2.14. The summed E-state index contributed by atoms with van der Waals surface area (Å²) in [5.41, 5.74) is 2.10. The number of halogens is 1. The van der Waals surface area contributed by atoms with E-state index in [0.29, 0.717) is 11.3 Å². The molecule has 2 aromatic rings. The molecule has 0 radical (unpaired) electrons. The second-order valence-corrected chi connectivity index (χ2v) is 5.24. The molecular weight excluding hydrogens is 283 g/mol. The van der Waals surface area contributed by atoms with Crippen LogP contribution in [0, 0.1) is 5.82 Å². The maximum absolute atomic E-state index is 13.4. The first-order chi connectivity index (χ1) is 10.5. The van der Waals surface area contributed by atoms with Gasteiger partial charge < -0.3 is 15.0 Å². The van der Waals surface area contributed by atoms with Gasteiger partial charge in [-0.05, 0) is 43.9 Å². The predicted octanol–water partition coefficient (Wildman–Crippen LogP) is 3.15. The van der Waals surface area contributed by atoms with Crippen LogP contribution in [0.15, 0.2) is 42.5 Å². The van der Waals surface area contributed by atoms with Crippen molar-refractivity contribution in [3.05, 3.63) is 59.4 Å². The largest absolute Gasteiger partial charge is 0.494 e. The molecule has 0 aromatic heterocycles. The SMILES string of the molecule is COc1cc(NC(=O)c2cccc(CN(C)C)c2)ccc1F. The van der Waals surface area contributed by atoms with Crippen molar-refractivity contribution in [1.82, 2.24) is 4.90 Å². The van der Waals surface area contributed by atoms with Crippen LogP contribution in [0.4, 0.5) is 10.1 Å². The van der Waals surface area contributed by atoms with Crippen LogP contribution in [0.3, 0.4) is 0 Å². The number of nitrogens with zero attached hydrogens (tertiary/aromatic N) is 1. The first-order valence-electron chi connectivity index (χ1n) is 6.88. The average molecular weight is 302 g/mol. The summed E-state index contributed by atoms with van der Waals surface area (Å²) in [6.45, 7) is 0.755. The van der Waals surface area contributed by atoms with Gasteiger partial charge in [0.15, 0.2) is 11.6 Å². The fraction of sp³-hybridized carbons (Fsp3) is 0.235. The summed E-state index contributed by atoms with van der Waals surface area (Å²) in [5, 5.41) is 2.74. The number of hydrogen-bond donors (Lipinski definition) is 1. The molecule has 2 rings (SSSR count). The van der Waals surface area contributed by atoms with Crippen molar-refractivity contribution in [2.45, 2.75) is 6.54 Å². The Kier molecular flexibility index (Phi) is 5.12. The highest BCUT2D eigenvalue weighted by Crippen LogP contribution is 2.22. The molecule has 0 fully saturated rings. The normalized spacial score (nSPS) is 10.6. The summed E-state index contributed by atoms with van der Waals surface area (Å²) < 4.78 is 18.3. The minimum atomic E-state index is -0.464. The molecule has 0 saturated heterocycles. The van der Waals surface area contributed by atoms with Crippen molar-refractivity contribution in [2.75, 3.05) is 26.5 Å². The molecule has 1 amide bonds. The molecule has 0 bridgehead atoms. The third-order valence-corrected chi connectivity index (χ3v) is 3.10. The highest BCUT2D eigenvalue weighted by molar-refractivity contribution is 6.04. The molecule has 0 spiro atoms. The predicted molar refractivity (Wildman–Crippen MR) is 84.7 cm³/mol. The van der Waals surface area contributed by atoms with E-state index in [2.05, 4.69) is 5.32 Å². The van der Waals surface area contributed by atoms with E-state index in [1.54, 1.807) is 6.07 Å². The Morgan fingerprint density at radius 1 is 1.23 bits per heavy atom. The molecule has 0 unspecified atom stereocenters. The zero-order chi connectivity index (χ0) is 16.1. The van der Waals surface area contributed by atoms with Crippen LogP contribution >= 0.6 is 0 Å². The van der Waals surface area contributed by atoms with Crippen LogP contribution in [0.5, 0.6) is 5.75 Å². The number of anilines is 1. The smallest absolute Gasteiger partial charge is 0.255 e. The van der Waals surface area contributed by atoms with Crippen molar-refractivity contribution in [1.29, 1.82) is 0 Å². The lowest BCUT2D eigenvalue weighted by Gasteiger charge is -2.11. The first kappa shape index (κ1) is 16.0. The third-order valence-electron chi connectivity index (χ3n) is 3.10. The van der Waals surface area contributed by atoms with Gasteiger partial charge in [0.2, 0.25) is 0 Å². The fourth-order valence-electron chi connectivity index (χ4n) is 2.12. The number of ether oxygens (including phenoxy) is 1. The lowest BCUT2D eigenvalue weighted by atomic mass is 10.1. The molecule has 4 nitrogen and oxygen atoms in total. The van der Waals surface area contributed by atoms with E-state index >= 15 is 0 Å². The quantitative estimate of drug-likeness (QED) is 0.922. The standard InChI is InChI=1S/C17H19FN2O2/c1-20(2)11-12-5-4-6-13(9-12)17(21)19-14-7-8-15(18)16(10-14)22-3/h4-10H,11H2,1-3H3,(H,19,21). The number of hydrogen-bond acceptors (Lipinski definition) is 3. The Morgan fingerprint density at radius 2 is 2.00 bits per heavy atom. The van der Waals surface area contributed by atoms with Crippen molar-refractivity contribution in [2.24, 2.45) is 0 Å². The second-order valence-electron chi connectivity index (χ2n) is 5.24. The van der Waals surface area contributed by atoms with Gasteiger partial charge >= 0.3 is 0 Å². The van der Waals surface area contributed by atoms with E-state index in [1.165, 1.54) is 25.3 Å². The Labute approximate surface area is 129 Å². The summed E-state index contributed by atoms with van der Waals surface area (Å²) in [5.74, 6) is -0.609. The van der Waals surface area contributed by atoms with Gasteiger partial charge in [-0.3, -0.25) is 4.79 Å². The van der Waals surface area contributed by atoms with E-state index in [1.807, 2.05) is 37.2 Å². The Bertz CT molecular complexity index is 671. The van der Waals surface area contributed by atoms with Crippen LogP contribution in [0.25, 0.3) is 0 Å². The summed E-state index contributed by atoms with van der Waals surface area (Å²) in [7, 11) is 5.32. The minimum Gasteiger partial charge on any atom is -0.494 e. The molecule has 5 heteroatoms. The Hall–Kier alpha value is -2.40. The highest BCUT2D eigenvalue weighted by atomic mass is 19.1. The summed E-state index contributed by atoms with van der Waals surface area (Å²) >= 11 is 0. The molecular formula is C17H19FN2O2. The number of carbonyl (C=O) groups excluding carboxylic acids is 1. The van der Waals surface area contributed by atoms with E-state index in [9.17, 15) is 9.18 Å². The number of carbonyl (C=O) groups is 1. The van der Waals surface area contributed by atoms with Crippen LogP contribution in [-0.4, -0.2) is 32.0 Å². The van der Waals surface area contributed by atoms with Gasteiger partial charge in [-0.1, -0.05) is 12.1 Å². The van der Waals surface area contributed by atoms with Crippen molar-refractivity contribution in [3.63, 3.8) is 0 Å². The minimum absolute atomic E-state index is 0.0964. The van der Waals surface area contributed by atoms with Crippen LogP contribution in [0.1, 0.15) is 15.9 Å². The van der Waals surface area contributed by atoms with Crippen molar-refractivity contribution < 1.29 is 13.9 Å². The number of rotatable bonds is 5. The van der Waals surface area contributed by atoms with Gasteiger partial charge in [0, 0.05) is 23.9 Å². The number of methoxy groups -OCH3 is 1. The maximum atomic E-state index is 13.4. The van der Waals surface area contributed by atoms with Crippen molar-refractivity contribution >= 4 is 11.6 Å². The zero-order valence-corrected chi connectivity index (χ0v) is 12.9. The molecule has 22 heavy (non-hydrogen) atoms. The molecule has 2 aromatic carbocycles. The monoisotopic (exact) mass is 302 g/mol. The molecule has 1 N–H and O–H groups in total. The average Bonchev–Trinajstić information content (AvgIpc) is 2.48. The lowest BCUT2D eigenvalue weighted by molar-refractivity contribution is 0.102. The summed E-state index contributed by atoms with van der Waals surface area (Å²) in [6.07, 6.45) is 0. The maximum Gasteiger partial charge on any atom is 0.255 e. The van der Waals surface area contributed by atoms with Gasteiger partial charge in [0.05, 0.1) is 7.11 Å². The molecule has 0 aliphatic rings. The zero-order valence-electron chi connectivity index (χ0n) is 12.9. The van der Waals surface area contributed by atoms with Crippen LogP contribution in [-0.2, 0) is 6.54 Å². The summed E-state index contributed by atoms with van der Waals surface area (Å²) in [4.78, 5) is 14.3. The Morgan fingerprint density at radius 3 is 2.68 bits per heavy atom. The topological polar surface area (TPSA) is 41.6 Å². The van der Waals surface area contributed by atoms with E-state index < -0.39 is 5.82 Å². The van der Waals surface area contributed by atoms with Crippen molar-refractivity contribution in [3.8, 4) is 5.75 Å². The van der Waals surface area contributed by atoms with E-state index in [-0.39, 0.29) is 11.7 Å². The Balaban J connectivity index is 2.15. The summed E-state index contributed by atoms with van der Waals surface area (Å²) in [6, 6.07) is 11.6.